The minimum Gasteiger partial charge on any atom is -0.352 e. The largest absolute Gasteiger partial charge is 0.352 e. The maximum absolute atomic E-state index is 11.9. The molecule has 1 aliphatic rings. The third-order valence-electron chi connectivity index (χ3n) is 3.23. The van der Waals surface area contributed by atoms with E-state index in [1.807, 2.05) is 6.92 Å². The Bertz CT molecular complexity index is 399. The quantitative estimate of drug-likeness (QED) is 0.814. The van der Waals surface area contributed by atoms with Gasteiger partial charge < -0.3 is 9.84 Å². The summed E-state index contributed by atoms with van der Waals surface area (Å²) in [5, 5.41) is 9.91. The van der Waals surface area contributed by atoms with Crippen LogP contribution in [0.1, 0.15) is 44.3 Å². The SMILES string of the molecule is Cc1nc(CNC(C)C(=O)NC2CCCC2)no1. The van der Waals surface area contributed by atoms with E-state index in [1.165, 1.54) is 12.8 Å². The predicted octanol–water partition coefficient (Wildman–Crippen LogP) is 0.915. The first kappa shape index (κ1) is 13.0. The highest BCUT2D eigenvalue weighted by Crippen LogP contribution is 2.17. The zero-order valence-corrected chi connectivity index (χ0v) is 10.9. The molecule has 1 saturated carbocycles. The van der Waals surface area contributed by atoms with Crippen molar-refractivity contribution in [1.82, 2.24) is 20.8 Å². The third-order valence-corrected chi connectivity index (χ3v) is 3.23. The van der Waals surface area contributed by atoms with Crippen molar-refractivity contribution in [2.75, 3.05) is 0 Å². The van der Waals surface area contributed by atoms with Crippen LogP contribution in [0.3, 0.4) is 0 Å². The van der Waals surface area contributed by atoms with E-state index >= 15 is 0 Å². The van der Waals surface area contributed by atoms with Crippen molar-refractivity contribution in [3.8, 4) is 0 Å². The number of rotatable bonds is 5. The van der Waals surface area contributed by atoms with E-state index in [1.54, 1.807) is 6.92 Å². The summed E-state index contributed by atoms with van der Waals surface area (Å²) in [6.45, 7) is 4.03. The van der Waals surface area contributed by atoms with Gasteiger partial charge in [-0.1, -0.05) is 18.0 Å². The Kier molecular flexibility index (Phi) is 4.30. The van der Waals surface area contributed by atoms with Gasteiger partial charge in [0.2, 0.25) is 11.8 Å². The van der Waals surface area contributed by atoms with Crippen molar-refractivity contribution in [3.05, 3.63) is 11.7 Å². The fraction of sp³-hybridized carbons (Fsp3) is 0.750. The summed E-state index contributed by atoms with van der Waals surface area (Å²) in [7, 11) is 0. The van der Waals surface area contributed by atoms with E-state index in [-0.39, 0.29) is 11.9 Å². The molecule has 18 heavy (non-hydrogen) atoms. The highest BCUT2D eigenvalue weighted by atomic mass is 16.5. The second-order valence-corrected chi connectivity index (χ2v) is 4.82. The summed E-state index contributed by atoms with van der Waals surface area (Å²) in [6, 6.07) is 0.110. The number of hydrogen-bond acceptors (Lipinski definition) is 5. The molecule has 2 rings (SSSR count). The van der Waals surface area contributed by atoms with Crippen LogP contribution < -0.4 is 10.6 Å². The van der Waals surface area contributed by atoms with E-state index in [0.29, 0.717) is 24.3 Å². The third kappa shape index (κ3) is 3.53. The number of carbonyl (C=O) groups is 1. The zero-order valence-electron chi connectivity index (χ0n) is 10.9. The number of carbonyl (C=O) groups excluding carboxylic acids is 1. The van der Waals surface area contributed by atoms with Crippen molar-refractivity contribution in [1.29, 1.82) is 0 Å². The average molecular weight is 252 g/mol. The number of nitrogens with one attached hydrogen (secondary N) is 2. The molecule has 2 N–H and O–H groups in total. The smallest absolute Gasteiger partial charge is 0.237 e. The predicted molar refractivity (Wildman–Crippen MR) is 65.7 cm³/mol. The molecule has 0 bridgehead atoms. The van der Waals surface area contributed by atoms with Gasteiger partial charge in [-0.15, -0.1) is 0 Å². The number of amides is 1. The fourth-order valence-corrected chi connectivity index (χ4v) is 2.15. The molecule has 100 valence electrons. The van der Waals surface area contributed by atoms with Crippen molar-refractivity contribution >= 4 is 5.91 Å². The molecule has 1 aromatic rings. The molecule has 1 unspecified atom stereocenters. The zero-order chi connectivity index (χ0) is 13.0. The molecular weight excluding hydrogens is 232 g/mol. The number of aromatic nitrogens is 2. The molecule has 1 aromatic heterocycles. The molecule has 0 spiro atoms. The van der Waals surface area contributed by atoms with Crippen molar-refractivity contribution in [2.24, 2.45) is 0 Å². The molecule has 1 amide bonds. The first-order valence-corrected chi connectivity index (χ1v) is 6.48. The van der Waals surface area contributed by atoms with Gasteiger partial charge in [-0.2, -0.15) is 4.98 Å². The molecule has 1 aliphatic carbocycles. The summed E-state index contributed by atoms with van der Waals surface area (Å²) >= 11 is 0. The van der Waals surface area contributed by atoms with Crippen molar-refractivity contribution < 1.29 is 9.32 Å². The Morgan fingerprint density at radius 3 is 2.83 bits per heavy atom. The molecule has 1 fully saturated rings. The number of aryl methyl sites for hydroxylation is 1. The van der Waals surface area contributed by atoms with Crippen LogP contribution >= 0.6 is 0 Å². The molecule has 6 nitrogen and oxygen atoms in total. The van der Waals surface area contributed by atoms with Gasteiger partial charge in [-0.25, -0.2) is 0 Å². The lowest BCUT2D eigenvalue weighted by Crippen LogP contribution is -2.45. The molecule has 0 saturated heterocycles. The van der Waals surface area contributed by atoms with Crippen LogP contribution in [-0.2, 0) is 11.3 Å². The standard InChI is InChI=1S/C12H20N4O2/c1-8(12(17)15-10-5-3-4-6-10)13-7-11-14-9(2)18-16-11/h8,10,13H,3-7H2,1-2H3,(H,15,17). The monoisotopic (exact) mass is 252 g/mol. The van der Waals surface area contributed by atoms with Gasteiger partial charge in [-0.05, 0) is 19.8 Å². The lowest BCUT2D eigenvalue weighted by atomic mass is 10.2. The Balaban J connectivity index is 1.73. The summed E-state index contributed by atoms with van der Waals surface area (Å²) in [5.74, 6) is 1.16. The summed E-state index contributed by atoms with van der Waals surface area (Å²) in [6.07, 6.45) is 4.63. The minimum atomic E-state index is -0.246. The summed E-state index contributed by atoms with van der Waals surface area (Å²) < 4.78 is 4.86. The van der Waals surface area contributed by atoms with Gasteiger partial charge in [0.1, 0.15) is 0 Å². The molecule has 1 heterocycles. The summed E-state index contributed by atoms with van der Waals surface area (Å²) in [4.78, 5) is 16.0. The second-order valence-electron chi connectivity index (χ2n) is 4.82. The Hall–Kier alpha value is -1.43. The Morgan fingerprint density at radius 2 is 2.22 bits per heavy atom. The highest BCUT2D eigenvalue weighted by Gasteiger charge is 2.20. The first-order valence-electron chi connectivity index (χ1n) is 6.48. The minimum absolute atomic E-state index is 0.0436. The van der Waals surface area contributed by atoms with E-state index in [4.69, 9.17) is 4.52 Å². The topological polar surface area (TPSA) is 80.0 Å². The normalized spacial score (nSPS) is 17.9. The van der Waals surface area contributed by atoms with Crippen LogP contribution in [-0.4, -0.2) is 28.1 Å². The number of nitrogens with zero attached hydrogens (tertiary/aromatic N) is 2. The summed E-state index contributed by atoms with van der Waals surface area (Å²) in [5.41, 5.74) is 0. The van der Waals surface area contributed by atoms with E-state index < -0.39 is 0 Å². The lowest BCUT2D eigenvalue weighted by Gasteiger charge is -2.16. The van der Waals surface area contributed by atoms with Gasteiger partial charge in [-0.3, -0.25) is 10.1 Å². The lowest BCUT2D eigenvalue weighted by molar-refractivity contribution is -0.123. The average Bonchev–Trinajstić information content (AvgIpc) is 2.97. The Labute approximate surface area is 107 Å². The molecule has 0 aromatic carbocycles. The Morgan fingerprint density at radius 1 is 1.50 bits per heavy atom. The number of hydrogen-bond donors (Lipinski definition) is 2. The van der Waals surface area contributed by atoms with Gasteiger partial charge in [0.25, 0.3) is 0 Å². The second kappa shape index (κ2) is 5.95. The van der Waals surface area contributed by atoms with Crippen LogP contribution in [0.25, 0.3) is 0 Å². The maximum atomic E-state index is 11.9. The first-order chi connectivity index (χ1) is 8.65. The van der Waals surface area contributed by atoms with E-state index in [0.717, 1.165) is 12.8 Å². The van der Waals surface area contributed by atoms with Crippen LogP contribution in [0.5, 0.6) is 0 Å². The van der Waals surface area contributed by atoms with E-state index in [9.17, 15) is 4.79 Å². The molecule has 0 aliphatic heterocycles. The van der Waals surface area contributed by atoms with Crippen LogP contribution in [0.2, 0.25) is 0 Å². The van der Waals surface area contributed by atoms with Crippen LogP contribution in [0, 0.1) is 6.92 Å². The molecule has 0 radical (unpaired) electrons. The highest BCUT2D eigenvalue weighted by molar-refractivity contribution is 5.81. The van der Waals surface area contributed by atoms with Gasteiger partial charge >= 0.3 is 0 Å². The van der Waals surface area contributed by atoms with Gasteiger partial charge in [0.15, 0.2) is 5.82 Å². The fourth-order valence-electron chi connectivity index (χ4n) is 2.15. The van der Waals surface area contributed by atoms with Gasteiger partial charge in [0, 0.05) is 13.0 Å². The molecule has 6 heteroatoms. The van der Waals surface area contributed by atoms with Crippen molar-refractivity contribution in [2.45, 2.75) is 58.2 Å². The maximum Gasteiger partial charge on any atom is 0.237 e. The molecular formula is C12H20N4O2. The van der Waals surface area contributed by atoms with Crippen LogP contribution in [0.15, 0.2) is 4.52 Å². The van der Waals surface area contributed by atoms with Crippen molar-refractivity contribution in [3.63, 3.8) is 0 Å². The molecule has 1 atom stereocenters. The van der Waals surface area contributed by atoms with E-state index in [2.05, 4.69) is 20.8 Å². The van der Waals surface area contributed by atoms with Gasteiger partial charge in [0.05, 0.1) is 12.6 Å². The van der Waals surface area contributed by atoms with Crippen LogP contribution in [0.4, 0.5) is 0 Å².